The molecule has 0 saturated carbocycles. The van der Waals surface area contributed by atoms with E-state index in [4.69, 9.17) is 0 Å². The van der Waals surface area contributed by atoms with E-state index in [0.29, 0.717) is 18.0 Å². The molecule has 1 aromatic carbocycles. The third kappa shape index (κ3) is 1.79. The molecular weight excluding hydrogens is 294 g/mol. The molecule has 3 heterocycles. The summed E-state index contributed by atoms with van der Waals surface area (Å²) in [5, 5.41) is 0. The van der Waals surface area contributed by atoms with Gasteiger partial charge in [-0.15, -0.1) is 0 Å². The minimum absolute atomic E-state index is 0.225. The molecule has 0 atom stereocenters. The number of H-pyrrole nitrogens is 1. The van der Waals surface area contributed by atoms with Crippen molar-refractivity contribution in [2.45, 2.75) is 13.5 Å². The minimum atomic E-state index is -0.343. The van der Waals surface area contributed by atoms with Gasteiger partial charge in [-0.3, -0.25) is 14.3 Å². The van der Waals surface area contributed by atoms with E-state index in [-0.39, 0.29) is 16.8 Å². The zero-order valence-electron chi connectivity index (χ0n) is 12.8. The van der Waals surface area contributed by atoms with Crippen molar-refractivity contribution in [3.63, 3.8) is 0 Å². The van der Waals surface area contributed by atoms with Crippen LogP contribution in [0.5, 0.6) is 0 Å². The summed E-state index contributed by atoms with van der Waals surface area (Å²) in [5.41, 5.74) is 1.90. The first kappa shape index (κ1) is 13.6. The Balaban J connectivity index is 2.17. The Hall–Kier alpha value is -3.09. The quantitative estimate of drug-likeness (QED) is 0.607. The Morgan fingerprint density at radius 3 is 2.61 bits per heavy atom. The second-order valence-corrected chi connectivity index (χ2v) is 5.40. The lowest BCUT2D eigenvalue weighted by Gasteiger charge is -2.06. The molecular formula is C16H15N5O2. The van der Waals surface area contributed by atoms with Gasteiger partial charge in [-0.1, -0.05) is 30.3 Å². The van der Waals surface area contributed by atoms with Gasteiger partial charge in [0.2, 0.25) is 5.78 Å². The number of aromatic amines is 1. The summed E-state index contributed by atoms with van der Waals surface area (Å²) in [5.74, 6) is 0.526. The summed E-state index contributed by atoms with van der Waals surface area (Å²) in [6, 6.07) is 9.85. The molecule has 0 spiro atoms. The summed E-state index contributed by atoms with van der Waals surface area (Å²) in [6.45, 7) is 2.66. The molecule has 7 nitrogen and oxygen atoms in total. The van der Waals surface area contributed by atoms with Gasteiger partial charge < -0.3 is 4.57 Å². The van der Waals surface area contributed by atoms with Gasteiger partial charge in [-0.2, -0.15) is 4.98 Å². The highest BCUT2D eigenvalue weighted by atomic mass is 16.2. The van der Waals surface area contributed by atoms with Crippen LogP contribution in [0.3, 0.4) is 0 Å². The van der Waals surface area contributed by atoms with Crippen LogP contribution in [0.1, 0.15) is 6.92 Å². The number of hydrogen-bond acceptors (Lipinski definition) is 3. The zero-order valence-corrected chi connectivity index (χ0v) is 12.8. The van der Waals surface area contributed by atoms with Crippen LogP contribution in [-0.2, 0) is 13.6 Å². The number of imidazole rings is 2. The van der Waals surface area contributed by atoms with E-state index in [1.807, 2.05) is 41.8 Å². The van der Waals surface area contributed by atoms with E-state index >= 15 is 0 Å². The molecule has 23 heavy (non-hydrogen) atoms. The van der Waals surface area contributed by atoms with Gasteiger partial charge >= 0.3 is 5.69 Å². The summed E-state index contributed by atoms with van der Waals surface area (Å²) in [6.07, 6.45) is 1.77. The van der Waals surface area contributed by atoms with E-state index in [0.717, 1.165) is 11.3 Å². The number of aromatic nitrogens is 5. The third-order valence-electron chi connectivity index (χ3n) is 4.10. The average Bonchev–Trinajstić information content (AvgIpc) is 3.08. The van der Waals surface area contributed by atoms with Gasteiger partial charge in [-0.25, -0.2) is 9.20 Å². The second-order valence-electron chi connectivity index (χ2n) is 5.40. The van der Waals surface area contributed by atoms with Crippen LogP contribution in [0.25, 0.3) is 28.2 Å². The fourth-order valence-corrected chi connectivity index (χ4v) is 2.91. The first-order valence-electron chi connectivity index (χ1n) is 7.38. The summed E-state index contributed by atoms with van der Waals surface area (Å²) >= 11 is 0. The Labute approximate surface area is 130 Å². The van der Waals surface area contributed by atoms with Gasteiger partial charge in [0.1, 0.15) is 0 Å². The third-order valence-corrected chi connectivity index (χ3v) is 4.10. The molecule has 0 radical (unpaired) electrons. The maximum absolute atomic E-state index is 12.7. The number of nitrogens with zero attached hydrogens (tertiary/aromatic N) is 4. The van der Waals surface area contributed by atoms with Crippen LogP contribution in [0.15, 0.2) is 46.1 Å². The van der Waals surface area contributed by atoms with Crippen molar-refractivity contribution < 1.29 is 0 Å². The molecule has 0 amide bonds. The standard InChI is InChI=1S/C16H15N5O2/c1-3-20-11(10-7-5-4-6-8-10)9-21-14(22)12-13(18-15(20)21)19(2)16(23)17-12/h4-9H,3H2,1-2H3,(H,17,23). The number of nitrogens with one attached hydrogen (secondary N) is 1. The zero-order chi connectivity index (χ0) is 16.1. The van der Waals surface area contributed by atoms with Crippen LogP contribution < -0.4 is 11.2 Å². The Kier molecular flexibility index (Phi) is 2.77. The van der Waals surface area contributed by atoms with Crippen molar-refractivity contribution in [2.75, 3.05) is 0 Å². The molecule has 0 aliphatic rings. The van der Waals surface area contributed by atoms with E-state index < -0.39 is 0 Å². The smallest absolute Gasteiger partial charge is 0.310 e. The number of hydrogen-bond donors (Lipinski definition) is 1. The van der Waals surface area contributed by atoms with Gasteiger partial charge in [0.15, 0.2) is 11.2 Å². The van der Waals surface area contributed by atoms with Crippen molar-refractivity contribution in [2.24, 2.45) is 7.05 Å². The fourth-order valence-electron chi connectivity index (χ4n) is 2.91. The normalized spacial score (nSPS) is 11.6. The summed E-state index contributed by atoms with van der Waals surface area (Å²) in [7, 11) is 1.60. The number of benzene rings is 1. The Morgan fingerprint density at radius 1 is 1.17 bits per heavy atom. The minimum Gasteiger partial charge on any atom is -0.310 e. The van der Waals surface area contributed by atoms with Gasteiger partial charge in [0.05, 0.1) is 5.69 Å². The molecule has 3 aromatic heterocycles. The molecule has 7 heteroatoms. The molecule has 0 aliphatic heterocycles. The van der Waals surface area contributed by atoms with Crippen LogP contribution >= 0.6 is 0 Å². The molecule has 116 valence electrons. The topological polar surface area (TPSA) is 77.1 Å². The SMILES string of the molecule is CCn1c(-c2ccccc2)cn2c(=O)c3[nH]c(=O)n(C)c3nc12. The molecule has 1 N–H and O–H groups in total. The van der Waals surface area contributed by atoms with Crippen molar-refractivity contribution in [1.29, 1.82) is 0 Å². The lowest BCUT2D eigenvalue weighted by atomic mass is 10.2. The molecule has 4 aromatic rings. The highest BCUT2D eigenvalue weighted by Gasteiger charge is 2.17. The van der Waals surface area contributed by atoms with Crippen LogP contribution in [-0.4, -0.2) is 23.5 Å². The van der Waals surface area contributed by atoms with Crippen molar-refractivity contribution in [3.8, 4) is 11.3 Å². The first-order valence-corrected chi connectivity index (χ1v) is 7.38. The van der Waals surface area contributed by atoms with Crippen molar-refractivity contribution in [1.82, 2.24) is 23.5 Å². The molecule has 0 unspecified atom stereocenters. The van der Waals surface area contributed by atoms with Crippen LogP contribution in [0, 0.1) is 0 Å². The Bertz CT molecular complexity index is 1140. The van der Waals surface area contributed by atoms with Gasteiger partial charge in [0, 0.05) is 19.8 Å². The maximum atomic E-state index is 12.7. The molecule has 0 fully saturated rings. The lowest BCUT2D eigenvalue weighted by molar-refractivity contribution is 0.781. The molecule has 0 aliphatic carbocycles. The number of rotatable bonds is 2. The van der Waals surface area contributed by atoms with E-state index in [1.165, 1.54) is 8.97 Å². The predicted octanol–water partition coefficient (Wildman–Crippen LogP) is 1.36. The molecule has 0 bridgehead atoms. The maximum Gasteiger partial charge on any atom is 0.327 e. The highest BCUT2D eigenvalue weighted by Crippen LogP contribution is 2.22. The number of aryl methyl sites for hydroxylation is 2. The summed E-state index contributed by atoms with van der Waals surface area (Å²) in [4.78, 5) is 31.5. The summed E-state index contributed by atoms with van der Waals surface area (Å²) < 4.78 is 4.81. The molecule has 0 saturated heterocycles. The fraction of sp³-hybridized carbons (Fsp3) is 0.188. The second kappa shape index (κ2) is 4.70. The van der Waals surface area contributed by atoms with Crippen LogP contribution in [0.2, 0.25) is 0 Å². The average molecular weight is 309 g/mol. The molecule has 4 rings (SSSR count). The Morgan fingerprint density at radius 2 is 1.91 bits per heavy atom. The largest absolute Gasteiger partial charge is 0.327 e. The monoisotopic (exact) mass is 309 g/mol. The van der Waals surface area contributed by atoms with Crippen LogP contribution in [0.4, 0.5) is 0 Å². The first-order chi connectivity index (χ1) is 11.1. The lowest BCUT2D eigenvalue weighted by Crippen LogP contribution is -2.15. The van der Waals surface area contributed by atoms with E-state index in [1.54, 1.807) is 13.2 Å². The van der Waals surface area contributed by atoms with Gasteiger partial charge in [-0.05, 0) is 12.5 Å². The highest BCUT2D eigenvalue weighted by molar-refractivity contribution is 5.73. The predicted molar refractivity (Wildman–Crippen MR) is 87.7 cm³/mol. The van der Waals surface area contributed by atoms with E-state index in [9.17, 15) is 9.59 Å². The van der Waals surface area contributed by atoms with Crippen molar-refractivity contribution >= 4 is 16.9 Å². The van der Waals surface area contributed by atoms with E-state index in [2.05, 4.69) is 9.97 Å². The number of fused-ring (bicyclic) bond motifs is 2. The van der Waals surface area contributed by atoms with Crippen molar-refractivity contribution in [3.05, 3.63) is 57.4 Å². The van der Waals surface area contributed by atoms with Gasteiger partial charge in [0.25, 0.3) is 5.56 Å².